The molecule has 3 aromatic rings. The van der Waals surface area contributed by atoms with Crippen LogP contribution in [-0.2, 0) is 9.53 Å². The van der Waals surface area contributed by atoms with E-state index in [9.17, 15) is 29.1 Å². The maximum Gasteiger partial charge on any atom is 0.414 e. The molecule has 0 bridgehead atoms. The number of hydrogen-bond acceptors (Lipinski definition) is 8. The van der Waals surface area contributed by atoms with E-state index < -0.39 is 46.7 Å². The van der Waals surface area contributed by atoms with Gasteiger partial charge in [-0.25, -0.2) is 23.4 Å². The van der Waals surface area contributed by atoms with E-state index in [1.807, 2.05) is 0 Å². The minimum Gasteiger partial charge on any atom is -0.477 e. The van der Waals surface area contributed by atoms with E-state index in [2.05, 4.69) is 10.3 Å². The van der Waals surface area contributed by atoms with Crippen molar-refractivity contribution in [1.82, 2.24) is 19.8 Å². The average molecular weight is 611 g/mol. The fourth-order valence-corrected chi connectivity index (χ4v) is 5.48. The quantitative estimate of drug-likeness (QED) is 0.410. The number of carboxylic acid groups (broad SMARTS) is 1. The van der Waals surface area contributed by atoms with Gasteiger partial charge < -0.3 is 29.5 Å². The van der Waals surface area contributed by atoms with E-state index in [4.69, 9.17) is 4.74 Å². The van der Waals surface area contributed by atoms with Crippen LogP contribution in [-0.4, -0.2) is 88.8 Å². The molecule has 2 saturated heterocycles. The van der Waals surface area contributed by atoms with Gasteiger partial charge in [-0.05, 0) is 37.1 Å². The summed E-state index contributed by atoms with van der Waals surface area (Å²) < 4.78 is 37.2. The van der Waals surface area contributed by atoms with Crippen LogP contribution < -0.4 is 20.5 Å². The maximum atomic E-state index is 15.2. The molecule has 2 aliphatic heterocycles. The number of benzene rings is 1. The van der Waals surface area contributed by atoms with E-state index in [0.717, 1.165) is 25.0 Å². The van der Waals surface area contributed by atoms with Crippen LogP contribution in [0.15, 0.2) is 35.3 Å². The van der Waals surface area contributed by atoms with Crippen molar-refractivity contribution in [2.45, 2.75) is 31.9 Å². The molecule has 1 atom stereocenters. The lowest BCUT2D eigenvalue weighted by atomic mass is 10.1. The van der Waals surface area contributed by atoms with Crippen molar-refractivity contribution in [3.8, 4) is 0 Å². The Balaban J connectivity index is 1.16. The molecule has 13 nitrogen and oxygen atoms in total. The number of piperazine rings is 1. The van der Waals surface area contributed by atoms with E-state index in [1.165, 1.54) is 35.1 Å². The number of nitrogens with one attached hydrogen (secondary N) is 1. The van der Waals surface area contributed by atoms with E-state index >= 15 is 8.78 Å². The predicted octanol–water partition coefficient (Wildman–Crippen LogP) is 2.13. The van der Waals surface area contributed by atoms with E-state index in [0.29, 0.717) is 0 Å². The molecule has 6 rings (SSSR count). The molecule has 1 saturated carbocycles. The SMILES string of the molecule is CC(=O)NC[C@H]1CN(c2ccc(C(=O)N3CCN(c4nc5c(cc4F)c(=O)c(C(=O)O)cn5C4CC4)CC3)c(F)c2)C(=O)O1. The second-order valence-corrected chi connectivity index (χ2v) is 11.0. The first-order chi connectivity index (χ1) is 21.0. The van der Waals surface area contributed by atoms with Gasteiger partial charge in [0.2, 0.25) is 11.3 Å². The summed E-state index contributed by atoms with van der Waals surface area (Å²) in [5, 5.41) is 11.9. The molecular weight excluding hydrogens is 582 g/mol. The smallest absolute Gasteiger partial charge is 0.414 e. The molecule has 2 N–H and O–H groups in total. The number of amides is 3. The number of aromatic nitrogens is 2. The number of carbonyl (C=O) groups is 4. The summed E-state index contributed by atoms with van der Waals surface area (Å²) in [5.74, 6) is -3.88. The van der Waals surface area contributed by atoms with Gasteiger partial charge in [0, 0.05) is 45.3 Å². The lowest BCUT2D eigenvalue weighted by Gasteiger charge is -2.35. The number of fused-ring (bicyclic) bond motifs is 1. The number of aromatic carboxylic acids is 1. The van der Waals surface area contributed by atoms with E-state index in [1.54, 1.807) is 9.47 Å². The average Bonchev–Trinajstić information content (AvgIpc) is 3.77. The summed E-state index contributed by atoms with van der Waals surface area (Å²) in [6, 6.07) is 4.80. The van der Waals surface area contributed by atoms with Crippen molar-refractivity contribution in [3.63, 3.8) is 0 Å². The largest absolute Gasteiger partial charge is 0.477 e. The molecule has 4 heterocycles. The van der Waals surface area contributed by atoms with Crippen LogP contribution in [0, 0.1) is 11.6 Å². The zero-order chi connectivity index (χ0) is 31.3. The van der Waals surface area contributed by atoms with Gasteiger partial charge in [0.05, 0.1) is 29.7 Å². The van der Waals surface area contributed by atoms with Crippen molar-refractivity contribution >= 4 is 46.4 Å². The van der Waals surface area contributed by atoms with Crippen molar-refractivity contribution in [2.75, 3.05) is 49.1 Å². The van der Waals surface area contributed by atoms with Crippen molar-refractivity contribution < 1.29 is 37.8 Å². The number of hydrogen-bond donors (Lipinski definition) is 2. The van der Waals surface area contributed by atoms with Gasteiger partial charge in [0.25, 0.3) is 5.91 Å². The Morgan fingerprint density at radius 2 is 1.77 bits per heavy atom. The minimum absolute atomic E-state index is 0.0219. The molecule has 0 radical (unpaired) electrons. The van der Waals surface area contributed by atoms with Gasteiger partial charge in [-0.2, -0.15) is 0 Å². The Morgan fingerprint density at radius 1 is 1.05 bits per heavy atom. The van der Waals surface area contributed by atoms with Gasteiger partial charge in [0.15, 0.2) is 11.6 Å². The maximum absolute atomic E-state index is 15.2. The van der Waals surface area contributed by atoms with Crippen LogP contribution in [0.5, 0.6) is 0 Å². The molecule has 1 aromatic carbocycles. The third kappa shape index (κ3) is 5.40. The number of nitrogens with zero attached hydrogens (tertiary/aromatic N) is 5. The zero-order valence-corrected chi connectivity index (χ0v) is 23.6. The Hall–Kier alpha value is -5.08. The number of ether oxygens (including phenoxy) is 1. The van der Waals surface area contributed by atoms with Gasteiger partial charge in [-0.3, -0.25) is 19.3 Å². The fourth-order valence-electron chi connectivity index (χ4n) is 5.48. The third-order valence-corrected chi connectivity index (χ3v) is 7.92. The van der Waals surface area contributed by atoms with Crippen LogP contribution >= 0.6 is 0 Å². The summed E-state index contributed by atoms with van der Waals surface area (Å²) in [6.07, 6.45) is 1.53. The number of rotatable bonds is 7. The molecular formula is C29H28F2N6O7. The lowest BCUT2D eigenvalue weighted by molar-refractivity contribution is -0.119. The van der Waals surface area contributed by atoms with E-state index in [-0.39, 0.29) is 79.3 Å². The first-order valence-corrected chi connectivity index (χ1v) is 14.1. The molecule has 230 valence electrons. The Kier molecular flexibility index (Phi) is 7.39. The summed E-state index contributed by atoms with van der Waals surface area (Å²) in [5.41, 5.74) is -1.04. The second-order valence-electron chi connectivity index (χ2n) is 11.0. The number of carboxylic acids is 1. The Morgan fingerprint density at radius 3 is 2.41 bits per heavy atom. The van der Waals surface area contributed by atoms with Gasteiger partial charge in [-0.1, -0.05) is 0 Å². The van der Waals surface area contributed by atoms with Gasteiger partial charge >= 0.3 is 12.1 Å². The molecule has 2 aromatic heterocycles. The molecule has 0 spiro atoms. The normalized spacial score (nSPS) is 18.5. The molecule has 3 aliphatic rings. The topological polar surface area (TPSA) is 154 Å². The highest BCUT2D eigenvalue weighted by molar-refractivity contribution is 5.96. The molecule has 3 fully saturated rings. The number of carbonyl (C=O) groups excluding carboxylic acids is 3. The zero-order valence-electron chi connectivity index (χ0n) is 23.6. The summed E-state index contributed by atoms with van der Waals surface area (Å²) in [7, 11) is 0. The molecule has 44 heavy (non-hydrogen) atoms. The van der Waals surface area contributed by atoms with Crippen LogP contribution in [0.3, 0.4) is 0 Å². The first-order valence-electron chi connectivity index (χ1n) is 14.1. The Bertz CT molecular complexity index is 1770. The number of cyclic esters (lactones) is 1. The minimum atomic E-state index is -1.39. The number of pyridine rings is 2. The third-order valence-electron chi connectivity index (χ3n) is 7.92. The second kappa shape index (κ2) is 11.2. The van der Waals surface area contributed by atoms with Gasteiger partial charge in [-0.15, -0.1) is 0 Å². The number of halogens is 2. The summed E-state index contributed by atoms with van der Waals surface area (Å²) >= 11 is 0. The number of anilines is 2. The molecule has 3 amide bonds. The molecule has 15 heteroatoms. The van der Waals surface area contributed by atoms with Crippen LogP contribution in [0.25, 0.3) is 11.0 Å². The van der Waals surface area contributed by atoms with Crippen LogP contribution in [0.4, 0.5) is 25.1 Å². The van der Waals surface area contributed by atoms with Crippen molar-refractivity contribution in [3.05, 3.63) is 63.4 Å². The fraction of sp³-hybridized carbons (Fsp3) is 0.379. The first kappa shape index (κ1) is 29.0. The highest BCUT2D eigenvalue weighted by atomic mass is 19.1. The highest BCUT2D eigenvalue weighted by Crippen LogP contribution is 2.37. The van der Waals surface area contributed by atoms with Crippen molar-refractivity contribution in [1.29, 1.82) is 0 Å². The summed E-state index contributed by atoms with van der Waals surface area (Å²) in [4.78, 5) is 69.7. The highest BCUT2D eigenvalue weighted by Gasteiger charge is 2.34. The van der Waals surface area contributed by atoms with Crippen LogP contribution in [0.1, 0.15) is 46.5 Å². The Labute approximate surface area is 248 Å². The molecule has 1 aliphatic carbocycles. The molecule has 0 unspecified atom stereocenters. The summed E-state index contributed by atoms with van der Waals surface area (Å²) in [6.45, 7) is 2.18. The predicted molar refractivity (Wildman–Crippen MR) is 152 cm³/mol. The van der Waals surface area contributed by atoms with Crippen LogP contribution in [0.2, 0.25) is 0 Å². The lowest BCUT2D eigenvalue weighted by Crippen LogP contribution is -2.49. The van der Waals surface area contributed by atoms with Gasteiger partial charge in [0.1, 0.15) is 23.1 Å². The standard InChI is InChI=1S/C29H28F2N6O7/c1-15(38)32-12-18-13-37(29(43)44-18)17-4-5-19(22(30)10-17)27(40)35-8-6-34(7-9-35)26-23(31)11-20-24(39)21(28(41)42)14-36(16-2-3-16)25(20)33-26/h4-5,10-11,14,16,18H,2-3,6-9,12-13H2,1H3,(H,32,38)(H,41,42)/t18-/m0/s1. The monoisotopic (exact) mass is 610 g/mol. The van der Waals surface area contributed by atoms with Crippen molar-refractivity contribution in [2.24, 2.45) is 0 Å².